The molecule has 10 heteroatoms. The fourth-order valence-corrected chi connectivity index (χ4v) is 9.08. The van der Waals surface area contributed by atoms with Gasteiger partial charge in [0.15, 0.2) is 9.84 Å². The second-order valence-corrected chi connectivity index (χ2v) is 12.9. The minimum atomic E-state index is -3.63. The lowest BCUT2D eigenvalue weighted by Gasteiger charge is -2.36. The Bertz CT molecular complexity index is 1160. The first kappa shape index (κ1) is 25.7. The van der Waals surface area contributed by atoms with Crippen LogP contribution in [0.1, 0.15) is 62.7 Å². The summed E-state index contributed by atoms with van der Waals surface area (Å²) in [6.45, 7) is 0.660. The molecule has 0 unspecified atom stereocenters. The summed E-state index contributed by atoms with van der Waals surface area (Å²) in [5.74, 6) is -0.190. The average Bonchev–Trinajstić information content (AvgIpc) is 3.35. The van der Waals surface area contributed by atoms with Gasteiger partial charge in [-0.1, -0.05) is 37.8 Å². The summed E-state index contributed by atoms with van der Waals surface area (Å²) in [4.78, 5) is 25.3. The molecular weight excluding hydrogens is 486 g/mol. The lowest BCUT2D eigenvalue weighted by atomic mass is 9.89. The van der Waals surface area contributed by atoms with Gasteiger partial charge in [0.1, 0.15) is 4.75 Å². The molecule has 1 aromatic heterocycles. The van der Waals surface area contributed by atoms with Crippen LogP contribution in [-0.2, 0) is 19.4 Å². The first-order valence-electron chi connectivity index (χ1n) is 12.2. The number of nitrogens with one attached hydrogen (secondary N) is 3. The Kier molecular flexibility index (Phi) is 8.13. The Balaban J connectivity index is 1.57. The van der Waals surface area contributed by atoms with E-state index in [9.17, 15) is 18.0 Å². The van der Waals surface area contributed by atoms with Crippen LogP contribution in [0, 0.1) is 5.92 Å². The molecule has 4 rings (SSSR count). The molecule has 4 N–H and O–H groups in total. The van der Waals surface area contributed by atoms with Gasteiger partial charge in [-0.2, -0.15) is 0 Å². The molecule has 0 bridgehead atoms. The zero-order chi connectivity index (χ0) is 24.9. The molecule has 3 amide bonds. The van der Waals surface area contributed by atoms with Crippen LogP contribution in [0.2, 0.25) is 0 Å². The molecule has 1 aliphatic carbocycles. The van der Waals surface area contributed by atoms with Crippen LogP contribution in [0.3, 0.4) is 0 Å². The van der Waals surface area contributed by atoms with Crippen molar-refractivity contribution in [2.45, 2.75) is 62.5 Å². The largest absolute Gasteiger partial charge is 0.338 e. The summed E-state index contributed by atoms with van der Waals surface area (Å²) < 4.78 is 25.3. The third kappa shape index (κ3) is 5.70. The summed E-state index contributed by atoms with van der Waals surface area (Å²) in [5, 5.41) is 16.8. The Morgan fingerprint density at radius 3 is 2.63 bits per heavy atom. The molecule has 2 heterocycles. The van der Waals surface area contributed by atoms with Crippen LogP contribution >= 0.6 is 11.3 Å². The average molecular weight is 520 g/mol. The van der Waals surface area contributed by atoms with E-state index in [2.05, 4.69) is 10.6 Å². The quantitative estimate of drug-likeness (QED) is 0.309. The van der Waals surface area contributed by atoms with Crippen molar-refractivity contribution in [2.24, 2.45) is 5.92 Å². The van der Waals surface area contributed by atoms with E-state index < -0.39 is 20.5 Å². The maximum Gasteiger partial charge on any atom is 0.319 e. The molecule has 2 aliphatic rings. The molecule has 1 aromatic carbocycles. The first-order valence-corrected chi connectivity index (χ1v) is 14.8. The van der Waals surface area contributed by atoms with Gasteiger partial charge in [0.2, 0.25) is 5.91 Å². The van der Waals surface area contributed by atoms with Crippen LogP contribution in [0.25, 0.3) is 11.1 Å². The number of rotatable bonds is 7. The number of hydroxylamine groups is 1. The normalized spacial score (nSPS) is 22.3. The van der Waals surface area contributed by atoms with E-state index in [1.54, 1.807) is 11.5 Å². The highest BCUT2D eigenvalue weighted by molar-refractivity contribution is 7.92. The molecule has 190 valence electrons. The third-order valence-corrected chi connectivity index (χ3v) is 11.0. The van der Waals surface area contributed by atoms with Crippen molar-refractivity contribution >= 4 is 38.8 Å². The highest BCUT2D eigenvalue weighted by atomic mass is 32.2. The number of amides is 3. The zero-order valence-corrected chi connectivity index (χ0v) is 21.3. The van der Waals surface area contributed by atoms with Gasteiger partial charge in [-0.05, 0) is 66.3 Å². The number of urea groups is 1. The van der Waals surface area contributed by atoms with E-state index >= 15 is 0 Å². The van der Waals surface area contributed by atoms with Crippen molar-refractivity contribution in [3.05, 3.63) is 40.6 Å². The second kappa shape index (κ2) is 11.1. The predicted octanol–water partition coefficient (Wildman–Crippen LogP) is 4.81. The molecule has 0 radical (unpaired) electrons. The summed E-state index contributed by atoms with van der Waals surface area (Å²) in [6, 6.07) is 8.89. The van der Waals surface area contributed by atoms with E-state index in [0.29, 0.717) is 42.3 Å². The van der Waals surface area contributed by atoms with Gasteiger partial charge in [-0.3, -0.25) is 10.0 Å². The Morgan fingerprint density at radius 2 is 1.89 bits per heavy atom. The van der Waals surface area contributed by atoms with E-state index in [4.69, 9.17) is 5.21 Å². The van der Waals surface area contributed by atoms with Gasteiger partial charge >= 0.3 is 6.03 Å². The van der Waals surface area contributed by atoms with E-state index in [-0.39, 0.29) is 18.2 Å². The monoisotopic (exact) mass is 519 g/mol. The topological polar surface area (TPSA) is 125 Å². The molecule has 1 atom stereocenters. The number of carbonyl (C=O) groups excluding carboxylic acids is 2. The Labute approximate surface area is 210 Å². The summed E-state index contributed by atoms with van der Waals surface area (Å²) >= 11 is 1.31. The standard InChI is InChI=1S/C25H33N3O5S2/c29-22(28-31)16-25(12-4-5-14-35(25,32)33)23-21(11-13-34-23)19-9-6-10-20(15-19)27-24(30)26-17-18-7-2-1-3-8-18/h6,9-11,13,15,18,31H,1-5,7-8,12,14,16-17H2,(H,28,29)(H2,26,27,30)/t25-/m0/s1. The molecule has 1 saturated carbocycles. The number of anilines is 1. The summed E-state index contributed by atoms with van der Waals surface area (Å²) in [7, 11) is -3.63. The van der Waals surface area contributed by atoms with Gasteiger partial charge in [0, 0.05) is 17.1 Å². The minimum Gasteiger partial charge on any atom is -0.338 e. The van der Waals surface area contributed by atoms with Gasteiger partial charge in [0.05, 0.1) is 12.2 Å². The first-order chi connectivity index (χ1) is 16.8. The number of thiophene rings is 1. The highest BCUT2D eigenvalue weighted by Gasteiger charge is 2.50. The number of sulfone groups is 1. The molecule has 1 saturated heterocycles. The number of hydrogen-bond acceptors (Lipinski definition) is 6. The van der Waals surface area contributed by atoms with Crippen molar-refractivity contribution in [3.8, 4) is 11.1 Å². The summed E-state index contributed by atoms with van der Waals surface area (Å²) in [6.07, 6.45) is 7.22. The SMILES string of the molecule is O=C(C[C@]1(c2sccc2-c2cccc(NC(=O)NCC3CCCCC3)c2)CCCCS1(=O)=O)NO. The smallest absolute Gasteiger partial charge is 0.319 e. The molecule has 2 aromatic rings. The van der Waals surface area contributed by atoms with Gasteiger partial charge < -0.3 is 10.6 Å². The van der Waals surface area contributed by atoms with Crippen LogP contribution in [-0.4, -0.2) is 37.9 Å². The van der Waals surface area contributed by atoms with Crippen LogP contribution in [0.15, 0.2) is 35.7 Å². The fraction of sp³-hybridized carbons (Fsp3) is 0.520. The second-order valence-electron chi connectivity index (χ2n) is 9.57. The molecule has 2 fully saturated rings. The Morgan fingerprint density at radius 1 is 1.09 bits per heavy atom. The summed E-state index contributed by atoms with van der Waals surface area (Å²) in [5.41, 5.74) is 3.69. The molecule has 35 heavy (non-hydrogen) atoms. The van der Waals surface area contributed by atoms with Crippen LogP contribution < -0.4 is 16.1 Å². The molecule has 8 nitrogen and oxygen atoms in total. The number of carbonyl (C=O) groups is 2. The van der Waals surface area contributed by atoms with Crippen molar-refractivity contribution in [1.82, 2.24) is 10.8 Å². The van der Waals surface area contributed by atoms with Crippen molar-refractivity contribution < 1.29 is 23.2 Å². The maximum absolute atomic E-state index is 13.3. The lowest BCUT2D eigenvalue weighted by molar-refractivity contribution is -0.130. The number of hydrogen-bond donors (Lipinski definition) is 4. The van der Waals surface area contributed by atoms with Crippen LogP contribution in [0.4, 0.5) is 10.5 Å². The van der Waals surface area contributed by atoms with Gasteiger partial charge in [-0.15, -0.1) is 11.3 Å². The zero-order valence-electron chi connectivity index (χ0n) is 19.7. The maximum atomic E-state index is 13.3. The third-order valence-electron chi connectivity index (χ3n) is 7.20. The molecule has 1 aliphatic heterocycles. The van der Waals surface area contributed by atoms with E-state index in [0.717, 1.165) is 24.0 Å². The lowest BCUT2D eigenvalue weighted by Crippen LogP contribution is -2.44. The van der Waals surface area contributed by atoms with Crippen LogP contribution in [0.5, 0.6) is 0 Å². The van der Waals surface area contributed by atoms with Crippen molar-refractivity contribution in [3.63, 3.8) is 0 Å². The van der Waals surface area contributed by atoms with Crippen molar-refractivity contribution in [1.29, 1.82) is 0 Å². The van der Waals surface area contributed by atoms with Gasteiger partial charge in [0.25, 0.3) is 0 Å². The number of benzene rings is 1. The minimum absolute atomic E-state index is 0.00576. The fourth-order valence-electron chi connectivity index (χ4n) is 5.34. The van der Waals surface area contributed by atoms with Crippen molar-refractivity contribution in [2.75, 3.05) is 17.6 Å². The Hall–Kier alpha value is -2.43. The molecule has 0 spiro atoms. The molecular formula is C25H33N3O5S2. The van der Waals surface area contributed by atoms with E-state index in [1.807, 2.05) is 29.6 Å². The van der Waals surface area contributed by atoms with Gasteiger partial charge in [-0.25, -0.2) is 18.7 Å². The predicted molar refractivity (Wildman–Crippen MR) is 137 cm³/mol. The van der Waals surface area contributed by atoms with E-state index in [1.165, 1.54) is 30.6 Å². The highest BCUT2D eigenvalue weighted by Crippen LogP contribution is 2.49.